The van der Waals surface area contributed by atoms with Gasteiger partial charge in [-0.15, -0.1) is 0 Å². The van der Waals surface area contributed by atoms with E-state index in [9.17, 15) is 23.2 Å². The molecule has 2 N–H and O–H groups in total. The number of carbonyl (C=O) groups is 3. The van der Waals surface area contributed by atoms with Crippen molar-refractivity contribution in [2.45, 2.75) is 25.8 Å². The van der Waals surface area contributed by atoms with Gasteiger partial charge in [0.1, 0.15) is 17.7 Å². The van der Waals surface area contributed by atoms with Gasteiger partial charge in [0.15, 0.2) is 0 Å². The quantitative estimate of drug-likeness (QED) is 0.581. The molecular weight excluding hydrogens is 310 g/mol. The summed E-state index contributed by atoms with van der Waals surface area (Å²) >= 11 is 0. The van der Waals surface area contributed by atoms with E-state index in [-0.39, 0.29) is 24.4 Å². The van der Waals surface area contributed by atoms with Gasteiger partial charge in [0.2, 0.25) is 5.91 Å². The van der Waals surface area contributed by atoms with E-state index < -0.39 is 29.6 Å². The minimum atomic E-state index is -0.952. The molecule has 0 fully saturated rings. The molecule has 1 rings (SSSR count). The third-order valence-electron chi connectivity index (χ3n) is 2.97. The molecule has 2 amide bonds. The molecular formula is C15H18F2N2O4. The van der Waals surface area contributed by atoms with Crippen LogP contribution in [0.1, 0.15) is 30.1 Å². The number of methoxy groups -OCH3 is 1. The van der Waals surface area contributed by atoms with E-state index in [0.717, 1.165) is 12.1 Å². The number of benzene rings is 1. The fourth-order valence-electron chi connectivity index (χ4n) is 1.77. The molecule has 0 saturated carbocycles. The summed E-state index contributed by atoms with van der Waals surface area (Å²) < 4.78 is 30.6. The van der Waals surface area contributed by atoms with Gasteiger partial charge in [0.05, 0.1) is 12.7 Å². The maximum atomic E-state index is 13.4. The van der Waals surface area contributed by atoms with Gasteiger partial charge in [-0.3, -0.25) is 9.59 Å². The zero-order chi connectivity index (χ0) is 17.4. The second-order valence-corrected chi connectivity index (χ2v) is 4.80. The van der Waals surface area contributed by atoms with E-state index in [4.69, 9.17) is 0 Å². The monoisotopic (exact) mass is 328 g/mol. The Bertz CT molecular complexity index is 593. The predicted molar refractivity (Wildman–Crippen MR) is 77.5 cm³/mol. The van der Waals surface area contributed by atoms with E-state index in [0.29, 0.717) is 12.5 Å². The lowest BCUT2D eigenvalue weighted by Crippen LogP contribution is -2.39. The van der Waals surface area contributed by atoms with Crippen LogP contribution in [0.2, 0.25) is 0 Å². The Morgan fingerprint density at radius 1 is 1.26 bits per heavy atom. The van der Waals surface area contributed by atoms with Gasteiger partial charge < -0.3 is 15.4 Å². The van der Waals surface area contributed by atoms with Crippen molar-refractivity contribution in [1.82, 2.24) is 10.6 Å². The first-order valence-electron chi connectivity index (χ1n) is 6.95. The van der Waals surface area contributed by atoms with Crippen LogP contribution in [0, 0.1) is 11.6 Å². The molecule has 1 aromatic carbocycles. The highest BCUT2D eigenvalue weighted by atomic mass is 19.1. The van der Waals surface area contributed by atoms with Crippen LogP contribution in [0.25, 0.3) is 0 Å². The average Bonchev–Trinajstić information content (AvgIpc) is 2.50. The van der Waals surface area contributed by atoms with E-state index in [1.165, 1.54) is 14.0 Å². The number of amides is 2. The Hall–Kier alpha value is -2.51. The maximum Gasteiger partial charge on any atom is 0.328 e. The molecule has 0 aliphatic carbocycles. The SMILES string of the molecule is COC(=O)[C@H](C)NC(=O)CCCNC(=O)c1ccc(F)cc1F. The number of hydrogen-bond donors (Lipinski definition) is 2. The van der Waals surface area contributed by atoms with Gasteiger partial charge in [-0.25, -0.2) is 13.6 Å². The average molecular weight is 328 g/mol. The smallest absolute Gasteiger partial charge is 0.328 e. The Labute approximate surface area is 132 Å². The van der Waals surface area contributed by atoms with E-state index >= 15 is 0 Å². The fraction of sp³-hybridized carbons (Fsp3) is 0.400. The molecule has 0 aliphatic heterocycles. The fourth-order valence-corrected chi connectivity index (χ4v) is 1.77. The highest BCUT2D eigenvalue weighted by Crippen LogP contribution is 2.09. The van der Waals surface area contributed by atoms with Crippen LogP contribution in [0.3, 0.4) is 0 Å². The molecule has 0 spiro atoms. The Morgan fingerprint density at radius 3 is 2.57 bits per heavy atom. The van der Waals surface area contributed by atoms with Crippen molar-refractivity contribution in [3.63, 3.8) is 0 Å². The number of hydrogen-bond acceptors (Lipinski definition) is 4. The molecule has 8 heteroatoms. The van der Waals surface area contributed by atoms with Crippen molar-refractivity contribution in [3.05, 3.63) is 35.4 Å². The van der Waals surface area contributed by atoms with Gasteiger partial charge in [0, 0.05) is 19.0 Å². The summed E-state index contributed by atoms with van der Waals surface area (Å²) in [6, 6.07) is 1.90. The van der Waals surface area contributed by atoms with Crippen molar-refractivity contribution >= 4 is 17.8 Å². The highest BCUT2D eigenvalue weighted by molar-refractivity contribution is 5.94. The van der Waals surface area contributed by atoms with Crippen molar-refractivity contribution in [3.8, 4) is 0 Å². The summed E-state index contributed by atoms with van der Waals surface area (Å²) in [7, 11) is 1.22. The number of nitrogens with one attached hydrogen (secondary N) is 2. The third-order valence-corrected chi connectivity index (χ3v) is 2.97. The second-order valence-electron chi connectivity index (χ2n) is 4.80. The lowest BCUT2D eigenvalue weighted by molar-refractivity contribution is -0.144. The van der Waals surface area contributed by atoms with Crippen molar-refractivity contribution in [2.75, 3.05) is 13.7 Å². The summed E-state index contributed by atoms with van der Waals surface area (Å²) in [6.07, 6.45) is 0.377. The van der Waals surface area contributed by atoms with E-state index in [1.54, 1.807) is 0 Å². The number of rotatable bonds is 7. The zero-order valence-electron chi connectivity index (χ0n) is 12.8. The van der Waals surface area contributed by atoms with Crippen LogP contribution < -0.4 is 10.6 Å². The summed E-state index contributed by atoms with van der Waals surface area (Å²) in [4.78, 5) is 34.4. The number of ether oxygens (including phenoxy) is 1. The molecule has 0 radical (unpaired) electrons. The topological polar surface area (TPSA) is 84.5 Å². The standard InChI is InChI=1S/C15H18F2N2O4/c1-9(15(22)23-2)19-13(20)4-3-7-18-14(21)11-6-5-10(16)8-12(11)17/h5-6,8-9H,3-4,7H2,1-2H3,(H,18,21)(H,19,20)/t9-/m0/s1. The Kier molecular flexibility index (Phi) is 7.11. The number of esters is 1. The van der Waals surface area contributed by atoms with Gasteiger partial charge in [-0.05, 0) is 25.5 Å². The lowest BCUT2D eigenvalue weighted by Gasteiger charge is -2.11. The minimum absolute atomic E-state index is 0.0769. The van der Waals surface area contributed by atoms with Gasteiger partial charge in [0.25, 0.3) is 5.91 Å². The van der Waals surface area contributed by atoms with Crippen LogP contribution in [-0.2, 0) is 14.3 Å². The number of halogens is 2. The normalized spacial score (nSPS) is 11.5. The van der Waals surface area contributed by atoms with E-state index in [1.807, 2.05) is 0 Å². The van der Waals surface area contributed by atoms with Crippen LogP contribution in [0.15, 0.2) is 18.2 Å². The third kappa shape index (κ3) is 6.01. The van der Waals surface area contributed by atoms with Crippen LogP contribution in [0.4, 0.5) is 8.78 Å². The van der Waals surface area contributed by atoms with Gasteiger partial charge in [-0.2, -0.15) is 0 Å². The minimum Gasteiger partial charge on any atom is -0.467 e. The molecule has 1 atom stereocenters. The second kappa shape index (κ2) is 8.82. The van der Waals surface area contributed by atoms with E-state index in [2.05, 4.69) is 15.4 Å². The summed E-state index contributed by atoms with van der Waals surface area (Å²) in [5.74, 6) is -3.34. The van der Waals surface area contributed by atoms with Crippen LogP contribution in [-0.4, -0.2) is 37.5 Å². The molecule has 0 aliphatic rings. The summed E-state index contributed by atoms with van der Waals surface area (Å²) in [6.45, 7) is 1.62. The van der Waals surface area contributed by atoms with Crippen LogP contribution in [0.5, 0.6) is 0 Å². The van der Waals surface area contributed by atoms with Gasteiger partial charge in [-0.1, -0.05) is 0 Å². The summed E-state index contributed by atoms with van der Waals surface area (Å²) in [5.41, 5.74) is -0.268. The molecule has 0 heterocycles. The molecule has 23 heavy (non-hydrogen) atoms. The first kappa shape index (κ1) is 18.5. The van der Waals surface area contributed by atoms with Crippen molar-refractivity contribution < 1.29 is 27.9 Å². The Morgan fingerprint density at radius 2 is 1.96 bits per heavy atom. The Balaban J connectivity index is 2.33. The molecule has 126 valence electrons. The first-order chi connectivity index (χ1) is 10.8. The number of carbonyl (C=O) groups excluding carboxylic acids is 3. The van der Waals surface area contributed by atoms with Crippen molar-refractivity contribution in [2.24, 2.45) is 0 Å². The predicted octanol–water partition coefficient (Wildman–Crippen LogP) is 1.15. The maximum absolute atomic E-state index is 13.4. The molecule has 0 unspecified atom stereocenters. The zero-order valence-corrected chi connectivity index (χ0v) is 12.8. The lowest BCUT2D eigenvalue weighted by atomic mass is 10.2. The molecule has 6 nitrogen and oxygen atoms in total. The molecule has 0 saturated heterocycles. The molecule has 0 aromatic heterocycles. The first-order valence-corrected chi connectivity index (χ1v) is 6.95. The van der Waals surface area contributed by atoms with Crippen LogP contribution >= 0.6 is 0 Å². The molecule has 0 bridgehead atoms. The summed E-state index contributed by atoms with van der Waals surface area (Å²) in [5, 5.41) is 4.87. The van der Waals surface area contributed by atoms with Crippen molar-refractivity contribution in [1.29, 1.82) is 0 Å². The molecule has 1 aromatic rings. The highest BCUT2D eigenvalue weighted by Gasteiger charge is 2.16. The van der Waals surface area contributed by atoms with Gasteiger partial charge >= 0.3 is 5.97 Å². The largest absolute Gasteiger partial charge is 0.467 e.